The zero-order valence-electron chi connectivity index (χ0n) is 11.5. The van der Waals surface area contributed by atoms with E-state index < -0.39 is 0 Å². The number of nitrogens with zero attached hydrogens (tertiary/aromatic N) is 1. The summed E-state index contributed by atoms with van der Waals surface area (Å²) in [6, 6.07) is 9.46. The molecule has 1 N–H and O–H groups in total. The Morgan fingerprint density at radius 2 is 1.89 bits per heavy atom. The van der Waals surface area contributed by atoms with Crippen LogP contribution in [0.4, 0.5) is 5.69 Å². The summed E-state index contributed by atoms with van der Waals surface area (Å²) in [6.07, 6.45) is 2.75. The third kappa shape index (κ3) is 2.26. The molecule has 3 aliphatic rings. The minimum atomic E-state index is 0.592. The number of fused-ring (bicyclic) bond motifs is 3. The van der Waals surface area contributed by atoms with Gasteiger partial charge in [0.05, 0.1) is 0 Å². The number of rotatable bonds is 3. The maximum atomic E-state index is 3.82. The molecule has 1 aromatic rings. The van der Waals surface area contributed by atoms with Crippen LogP contribution in [0.15, 0.2) is 24.3 Å². The lowest BCUT2D eigenvalue weighted by Gasteiger charge is -2.45. The molecule has 2 nitrogen and oxygen atoms in total. The van der Waals surface area contributed by atoms with Crippen LogP contribution in [-0.4, -0.2) is 30.6 Å². The molecular formula is C16H24N2. The molecule has 1 atom stereocenters. The molecule has 2 bridgehead atoms. The van der Waals surface area contributed by atoms with Gasteiger partial charge < -0.3 is 10.2 Å². The monoisotopic (exact) mass is 244 g/mol. The number of benzene rings is 1. The van der Waals surface area contributed by atoms with E-state index in [0.29, 0.717) is 12.0 Å². The van der Waals surface area contributed by atoms with E-state index in [1.165, 1.54) is 43.7 Å². The van der Waals surface area contributed by atoms with Crippen LogP contribution in [0, 0.1) is 5.92 Å². The Bertz CT molecular complexity index is 405. The topological polar surface area (TPSA) is 15.3 Å². The van der Waals surface area contributed by atoms with Gasteiger partial charge in [0, 0.05) is 18.3 Å². The van der Waals surface area contributed by atoms with Crippen molar-refractivity contribution in [2.45, 2.75) is 38.6 Å². The van der Waals surface area contributed by atoms with Gasteiger partial charge in [-0.05, 0) is 49.4 Å². The van der Waals surface area contributed by atoms with E-state index in [0.717, 1.165) is 5.92 Å². The lowest BCUT2D eigenvalue weighted by Crippen LogP contribution is -2.53. The minimum absolute atomic E-state index is 0.592. The van der Waals surface area contributed by atoms with Crippen LogP contribution < -0.4 is 5.32 Å². The van der Waals surface area contributed by atoms with Gasteiger partial charge in [0.2, 0.25) is 0 Å². The molecule has 18 heavy (non-hydrogen) atoms. The highest BCUT2D eigenvalue weighted by molar-refractivity contribution is 5.53. The highest BCUT2D eigenvalue weighted by atomic mass is 15.2. The summed E-state index contributed by atoms with van der Waals surface area (Å²) in [5.41, 5.74) is 2.81. The third-order valence-corrected chi connectivity index (χ3v) is 4.58. The Kier molecular flexibility index (Phi) is 3.29. The van der Waals surface area contributed by atoms with Gasteiger partial charge in [-0.15, -0.1) is 0 Å². The van der Waals surface area contributed by atoms with Gasteiger partial charge in [-0.25, -0.2) is 0 Å². The first-order chi connectivity index (χ1) is 8.74. The van der Waals surface area contributed by atoms with Crippen molar-refractivity contribution in [3.8, 4) is 0 Å². The van der Waals surface area contributed by atoms with Gasteiger partial charge in [-0.1, -0.05) is 32.0 Å². The van der Waals surface area contributed by atoms with Crippen LogP contribution in [0.5, 0.6) is 0 Å². The lowest BCUT2D eigenvalue weighted by molar-refractivity contribution is 0.0975. The first-order valence-corrected chi connectivity index (χ1v) is 7.32. The van der Waals surface area contributed by atoms with Crippen molar-refractivity contribution in [3.05, 3.63) is 29.8 Å². The minimum Gasteiger partial charge on any atom is -0.381 e. The van der Waals surface area contributed by atoms with Crippen LogP contribution in [-0.2, 0) is 0 Å². The Hall–Kier alpha value is -1.02. The summed E-state index contributed by atoms with van der Waals surface area (Å²) in [5.74, 6) is 1.48. The second-order valence-corrected chi connectivity index (χ2v) is 6.13. The van der Waals surface area contributed by atoms with Gasteiger partial charge in [0.1, 0.15) is 0 Å². The van der Waals surface area contributed by atoms with E-state index in [9.17, 15) is 0 Å². The second kappa shape index (κ2) is 4.93. The first kappa shape index (κ1) is 12.0. The Balaban J connectivity index is 1.76. The van der Waals surface area contributed by atoms with Gasteiger partial charge in [0.25, 0.3) is 0 Å². The Morgan fingerprint density at radius 1 is 1.17 bits per heavy atom. The molecular weight excluding hydrogens is 220 g/mol. The fourth-order valence-corrected chi connectivity index (χ4v) is 3.46. The molecule has 3 heterocycles. The molecule has 0 aromatic heterocycles. The molecule has 0 radical (unpaired) electrons. The van der Waals surface area contributed by atoms with Gasteiger partial charge in [0.15, 0.2) is 0 Å². The van der Waals surface area contributed by atoms with Crippen molar-refractivity contribution in [2.75, 3.05) is 25.0 Å². The van der Waals surface area contributed by atoms with Gasteiger partial charge >= 0.3 is 0 Å². The molecule has 1 aromatic carbocycles. The van der Waals surface area contributed by atoms with E-state index in [-0.39, 0.29) is 0 Å². The van der Waals surface area contributed by atoms with Crippen molar-refractivity contribution in [1.29, 1.82) is 0 Å². The molecule has 98 valence electrons. The highest BCUT2D eigenvalue weighted by Gasteiger charge is 2.34. The van der Waals surface area contributed by atoms with Crippen molar-refractivity contribution in [1.82, 2.24) is 4.90 Å². The molecule has 0 saturated carbocycles. The quantitative estimate of drug-likeness (QED) is 0.877. The summed E-state index contributed by atoms with van der Waals surface area (Å²) in [5, 5.41) is 3.82. The van der Waals surface area contributed by atoms with E-state index in [1.54, 1.807) is 0 Å². The van der Waals surface area contributed by atoms with Crippen molar-refractivity contribution < 1.29 is 0 Å². The third-order valence-electron chi connectivity index (χ3n) is 4.58. The van der Waals surface area contributed by atoms with Gasteiger partial charge in [-0.2, -0.15) is 0 Å². The van der Waals surface area contributed by atoms with E-state index >= 15 is 0 Å². The van der Waals surface area contributed by atoms with Crippen molar-refractivity contribution >= 4 is 5.69 Å². The predicted molar refractivity (Wildman–Crippen MR) is 77.1 cm³/mol. The zero-order chi connectivity index (χ0) is 12.5. The highest BCUT2D eigenvalue weighted by Crippen LogP contribution is 2.32. The molecule has 3 aliphatic heterocycles. The number of anilines is 1. The molecule has 0 amide bonds. The number of para-hydroxylation sites is 1. The summed E-state index contributed by atoms with van der Waals surface area (Å²) < 4.78 is 0. The summed E-state index contributed by atoms with van der Waals surface area (Å²) in [7, 11) is 0. The summed E-state index contributed by atoms with van der Waals surface area (Å²) in [4.78, 5) is 2.61. The smallest absolute Gasteiger partial charge is 0.0417 e. The Morgan fingerprint density at radius 3 is 2.50 bits per heavy atom. The van der Waals surface area contributed by atoms with Gasteiger partial charge in [-0.3, -0.25) is 0 Å². The second-order valence-electron chi connectivity index (χ2n) is 6.13. The summed E-state index contributed by atoms with van der Waals surface area (Å²) >= 11 is 0. The lowest BCUT2D eigenvalue weighted by atomic mass is 9.83. The zero-order valence-corrected chi connectivity index (χ0v) is 11.5. The van der Waals surface area contributed by atoms with Crippen molar-refractivity contribution in [2.24, 2.45) is 5.92 Å². The molecule has 2 heteroatoms. The average Bonchev–Trinajstić information content (AvgIpc) is 2.40. The number of piperidine rings is 3. The van der Waals surface area contributed by atoms with Crippen LogP contribution in [0.25, 0.3) is 0 Å². The normalized spacial score (nSPS) is 30.7. The fourth-order valence-electron chi connectivity index (χ4n) is 3.46. The average molecular weight is 244 g/mol. The molecule has 1 unspecified atom stereocenters. The number of hydrogen-bond acceptors (Lipinski definition) is 2. The van der Waals surface area contributed by atoms with Crippen LogP contribution >= 0.6 is 0 Å². The number of nitrogens with one attached hydrogen (secondary N) is 1. The fraction of sp³-hybridized carbons (Fsp3) is 0.625. The maximum Gasteiger partial charge on any atom is 0.0417 e. The Labute approximate surface area is 110 Å². The SMILES string of the molecule is CC(C)c1ccccc1NC1CN2CCC1CC2. The molecule has 0 aliphatic carbocycles. The first-order valence-electron chi connectivity index (χ1n) is 7.32. The molecule has 0 spiro atoms. The van der Waals surface area contributed by atoms with Crippen LogP contribution in [0.3, 0.4) is 0 Å². The van der Waals surface area contributed by atoms with E-state index in [2.05, 4.69) is 48.3 Å². The van der Waals surface area contributed by atoms with Crippen molar-refractivity contribution in [3.63, 3.8) is 0 Å². The number of hydrogen-bond donors (Lipinski definition) is 1. The largest absolute Gasteiger partial charge is 0.381 e. The molecule has 4 rings (SSSR count). The molecule has 3 fully saturated rings. The molecule has 3 saturated heterocycles. The summed E-state index contributed by atoms with van der Waals surface area (Å²) in [6.45, 7) is 8.41. The standard InChI is InChI=1S/C16H24N2/c1-12(2)14-5-3-4-6-15(14)17-16-11-18-9-7-13(16)8-10-18/h3-6,12-13,16-17H,7-11H2,1-2H3. The van der Waals surface area contributed by atoms with Crippen LogP contribution in [0.2, 0.25) is 0 Å². The predicted octanol–water partition coefficient (Wildman–Crippen LogP) is 3.32. The van der Waals surface area contributed by atoms with E-state index in [1.807, 2.05) is 0 Å². The maximum absolute atomic E-state index is 3.82. The van der Waals surface area contributed by atoms with E-state index in [4.69, 9.17) is 0 Å². The van der Waals surface area contributed by atoms with Crippen LogP contribution in [0.1, 0.15) is 38.2 Å².